The van der Waals surface area contributed by atoms with Gasteiger partial charge in [-0.1, -0.05) is 35.5 Å². The Kier molecular flexibility index (Phi) is 5.62. The number of benzene rings is 1. The highest BCUT2D eigenvalue weighted by Crippen LogP contribution is 2.23. The van der Waals surface area contributed by atoms with Crippen molar-refractivity contribution >= 4 is 52.0 Å². The molecule has 1 atom stereocenters. The first-order valence-electron chi connectivity index (χ1n) is 7.59. The first-order valence-corrected chi connectivity index (χ1v) is 9.34. The number of rotatable bonds is 5. The van der Waals surface area contributed by atoms with Crippen LogP contribution in [0.5, 0.6) is 0 Å². The maximum absolute atomic E-state index is 12.1. The Labute approximate surface area is 153 Å². The van der Waals surface area contributed by atoms with Crippen LogP contribution in [0.15, 0.2) is 52.0 Å². The van der Waals surface area contributed by atoms with Crippen molar-refractivity contribution in [3.05, 3.63) is 52.2 Å². The van der Waals surface area contributed by atoms with Crippen molar-refractivity contribution in [2.24, 2.45) is 10.2 Å². The molecule has 1 fully saturated rings. The molecule has 8 heteroatoms. The summed E-state index contributed by atoms with van der Waals surface area (Å²) in [4.78, 5) is 25.0. The van der Waals surface area contributed by atoms with E-state index in [1.807, 2.05) is 48.7 Å². The number of amidine groups is 1. The highest BCUT2D eigenvalue weighted by atomic mass is 32.2. The molecule has 2 heterocycles. The molecule has 1 aromatic heterocycles. The van der Waals surface area contributed by atoms with Gasteiger partial charge in [0.25, 0.3) is 0 Å². The van der Waals surface area contributed by atoms with Crippen molar-refractivity contribution in [2.75, 3.05) is 5.32 Å². The monoisotopic (exact) mass is 372 g/mol. The van der Waals surface area contributed by atoms with Crippen LogP contribution in [0.25, 0.3) is 0 Å². The van der Waals surface area contributed by atoms with Crippen LogP contribution >= 0.6 is 23.1 Å². The van der Waals surface area contributed by atoms with Gasteiger partial charge >= 0.3 is 0 Å². The smallest absolute Gasteiger partial charge is 0.240 e. The van der Waals surface area contributed by atoms with E-state index in [0.717, 1.165) is 10.4 Å². The molecule has 6 nitrogen and oxygen atoms in total. The summed E-state index contributed by atoms with van der Waals surface area (Å²) in [6.07, 6.45) is 1.71. The van der Waals surface area contributed by atoms with Gasteiger partial charge in [-0.2, -0.15) is 5.10 Å². The number of carbonyl (C=O) groups is 2. The molecule has 0 radical (unpaired) electrons. The van der Waals surface area contributed by atoms with Crippen LogP contribution in [0.4, 0.5) is 5.69 Å². The molecule has 2 aromatic rings. The van der Waals surface area contributed by atoms with Gasteiger partial charge in [0.05, 0.1) is 6.21 Å². The van der Waals surface area contributed by atoms with Crippen molar-refractivity contribution in [1.82, 2.24) is 5.32 Å². The number of amides is 2. The van der Waals surface area contributed by atoms with E-state index in [1.165, 1.54) is 11.8 Å². The lowest BCUT2D eigenvalue weighted by atomic mass is 10.2. The fraction of sp³-hybridized carbons (Fsp3) is 0.176. The number of thiophene rings is 1. The van der Waals surface area contributed by atoms with Crippen LogP contribution in [0.1, 0.15) is 16.9 Å². The Bertz CT molecular complexity index is 814. The first-order chi connectivity index (χ1) is 12.1. The maximum Gasteiger partial charge on any atom is 0.240 e. The van der Waals surface area contributed by atoms with Crippen LogP contribution in [0.2, 0.25) is 0 Å². The van der Waals surface area contributed by atoms with E-state index in [0.29, 0.717) is 10.9 Å². The number of carbonyl (C=O) groups excluding carboxylic acids is 2. The maximum atomic E-state index is 12.1. The topological polar surface area (TPSA) is 82.9 Å². The first kappa shape index (κ1) is 17.4. The Hall–Kier alpha value is -2.45. The molecular weight excluding hydrogens is 356 g/mol. The molecule has 1 aromatic carbocycles. The molecule has 1 aliphatic rings. The van der Waals surface area contributed by atoms with Gasteiger partial charge in [0.15, 0.2) is 5.17 Å². The number of aryl methyl sites for hydroxylation is 1. The number of thioether (sulfide) groups is 1. The van der Waals surface area contributed by atoms with E-state index in [2.05, 4.69) is 20.8 Å². The molecule has 25 heavy (non-hydrogen) atoms. The highest BCUT2D eigenvalue weighted by molar-refractivity contribution is 8.15. The second kappa shape index (κ2) is 8.09. The lowest BCUT2D eigenvalue weighted by molar-refractivity contribution is -0.122. The van der Waals surface area contributed by atoms with Crippen LogP contribution in [0, 0.1) is 6.92 Å². The van der Waals surface area contributed by atoms with Gasteiger partial charge in [-0.15, -0.1) is 16.4 Å². The van der Waals surface area contributed by atoms with Crippen molar-refractivity contribution in [2.45, 2.75) is 18.6 Å². The molecule has 0 bridgehead atoms. The Morgan fingerprint density at radius 1 is 1.32 bits per heavy atom. The number of hydrogen-bond acceptors (Lipinski definition) is 6. The molecule has 2 amide bonds. The van der Waals surface area contributed by atoms with Gasteiger partial charge in [-0.3, -0.25) is 9.59 Å². The third-order valence-corrected chi connectivity index (χ3v) is 5.24. The summed E-state index contributed by atoms with van der Waals surface area (Å²) < 4.78 is 0. The van der Waals surface area contributed by atoms with Crippen LogP contribution in [-0.4, -0.2) is 28.4 Å². The van der Waals surface area contributed by atoms with Crippen molar-refractivity contribution in [1.29, 1.82) is 0 Å². The Morgan fingerprint density at radius 2 is 2.12 bits per heavy atom. The van der Waals surface area contributed by atoms with Gasteiger partial charge in [0.2, 0.25) is 11.8 Å². The highest BCUT2D eigenvalue weighted by Gasteiger charge is 2.32. The van der Waals surface area contributed by atoms with Gasteiger partial charge in [0.1, 0.15) is 5.25 Å². The Morgan fingerprint density at radius 3 is 2.84 bits per heavy atom. The molecule has 1 saturated heterocycles. The second-order valence-electron chi connectivity index (χ2n) is 5.38. The zero-order valence-electron chi connectivity index (χ0n) is 13.4. The largest absolute Gasteiger partial charge is 0.326 e. The number of nitrogens with one attached hydrogen (secondary N) is 2. The normalized spacial score (nSPS) is 18.7. The summed E-state index contributed by atoms with van der Waals surface area (Å²) >= 11 is 2.77. The summed E-state index contributed by atoms with van der Waals surface area (Å²) in [6, 6.07) is 11.4. The minimum absolute atomic E-state index is 0.0814. The van der Waals surface area contributed by atoms with Crippen LogP contribution in [-0.2, 0) is 9.59 Å². The Balaban J connectivity index is 1.53. The third-order valence-electron chi connectivity index (χ3n) is 3.36. The van der Waals surface area contributed by atoms with Gasteiger partial charge in [0, 0.05) is 17.0 Å². The zero-order valence-corrected chi connectivity index (χ0v) is 15.1. The third kappa shape index (κ3) is 5.01. The van der Waals surface area contributed by atoms with E-state index in [9.17, 15) is 9.59 Å². The van der Waals surface area contributed by atoms with Gasteiger partial charge in [-0.05, 0) is 30.5 Å². The molecule has 3 rings (SSSR count). The van der Waals surface area contributed by atoms with Crippen LogP contribution < -0.4 is 10.6 Å². The molecule has 0 spiro atoms. The predicted molar refractivity (Wildman–Crippen MR) is 103 cm³/mol. The van der Waals surface area contributed by atoms with E-state index in [4.69, 9.17) is 0 Å². The van der Waals surface area contributed by atoms with E-state index in [1.54, 1.807) is 17.6 Å². The standard InChI is InChI=1S/C17H16N4O2S2/c1-11-4-6-12(7-5-11)19-15(22)9-14-16(23)20-17(25-14)21-18-10-13-3-2-8-24-13/h2-8,10,14H,9H2,1H3,(H,19,22)(H,20,21,23). The average molecular weight is 372 g/mol. The summed E-state index contributed by atoms with van der Waals surface area (Å²) in [5.41, 5.74) is 1.83. The summed E-state index contributed by atoms with van der Waals surface area (Å²) in [6.45, 7) is 1.98. The van der Waals surface area contributed by atoms with Crippen LogP contribution in [0.3, 0.4) is 0 Å². The fourth-order valence-electron chi connectivity index (χ4n) is 2.11. The van der Waals surface area contributed by atoms with Gasteiger partial charge in [-0.25, -0.2) is 0 Å². The SMILES string of the molecule is Cc1ccc(NC(=O)CC2SC(=NN=Cc3cccs3)NC2=O)cc1. The molecule has 128 valence electrons. The van der Waals surface area contributed by atoms with Gasteiger partial charge < -0.3 is 10.6 Å². The number of hydrogen-bond donors (Lipinski definition) is 2. The number of anilines is 1. The fourth-order valence-corrected chi connectivity index (χ4v) is 3.61. The molecule has 0 aliphatic carbocycles. The zero-order chi connectivity index (χ0) is 17.6. The minimum Gasteiger partial charge on any atom is -0.326 e. The summed E-state index contributed by atoms with van der Waals surface area (Å²) in [5.74, 6) is -0.436. The molecule has 1 aliphatic heterocycles. The van der Waals surface area contributed by atoms with E-state index >= 15 is 0 Å². The lowest BCUT2D eigenvalue weighted by Crippen LogP contribution is -2.28. The number of nitrogens with zero attached hydrogens (tertiary/aromatic N) is 2. The average Bonchev–Trinajstić information content (AvgIpc) is 3.20. The summed E-state index contributed by atoms with van der Waals surface area (Å²) in [7, 11) is 0. The predicted octanol–water partition coefficient (Wildman–Crippen LogP) is 3.01. The van der Waals surface area contributed by atoms with E-state index < -0.39 is 5.25 Å². The summed E-state index contributed by atoms with van der Waals surface area (Å²) in [5, 5.41) is 15.2. The lowest BCUT2D eigenvalue weighted by Gasteiger charge is -2.07. The molecule has 1 unspecified atom stereocenters. The molecule has 0 saturated carbocycles. The van der Waals surface area contributed by atoms with E-state index in [-0.39, 0.29) is 18.2 Å². The second-order valence-corrected chi connectivity index (χ2v) is 7.55. The quantitative estimate of drug-likeness (QED) is 0.625. The molecule has 2 N–H and O–H groups in total. The molecular formula is C17H16N4O2S2. The van der Waals surface area contributed by atoms with Crippen molar-refractivity contribution < 1.29 is 9.59 Å². The van der Waals surface area contributed by atoms with Crippen molar-refractivity contribution in [3.8, 4) is 0 Å². The van der Waals surface area contributed by atoms with Crippen molar-refractivity contribution in [3.63, 3.8) is 0 Å². The minimum atomic E-state index is -0.499.